The van der Waals surface area contributed by atoms with Gasteiger partial charge >= 0.3 is 0 Å². The molecule has 1 N–H and O–H groups in total. The molecule has 2 heterocycles. The highest BCUT2D eigenvalue weighted by Gasteiger charge is 2.21. The van der Waals surface area contributed by atoms with E-state index < -0.39 is 0 Å². The lowest BCUT2D eigenvalue weighted by Gasteiger charge is -2.15. The van der Waals surface area contributed by atoms with Gasteiger partial charge in [-0.1, -0.05) is 30.3 Å². The lowest BCUT2D eigenvalue weighted by Crippen LogP contribution is -2.23. The van der Waals surface area contributed by atoms with Crippen molar-refractivity contribution in [1.82, 2.24) is 4.98 Å². The first-order valence-corrected chi connectivity index (χ1v) is 9.71. The number of benzene rings is 2. The van der Waals surface area contributed by atoms with E-state index in [0.717, 1.165) is 30.0 Å². The Balaban J connectivity index is 1.40. The quantitative estimate of drug-likeness (QED) is 0.728. The number of rotatable bonds is 5. The molecular weight excluding hydrogens is 358 g/mol. The number of anilines is 2. The van der Waals surface area contributed by atoms with Gasteiger partial charge in [0.1, 0.15) is 0 Å². The average molecular weight is 377 g/mol. The van der Waals surface area contributed by atoms with Crippen molar-refractivity contribution in [1.29, 1.82) is 0 Å². The molecule has 0 radical (unpaired) electrons. The molecule has 2 amide bonds. The summed E-state index contributed by atoms with van der Waals surface area (Å²) in [7, 11) is 0. The summed E-state index contributed by atoms with van der Waals surface area (Å²) in [5, 5.41) is 3.44. The molecule has 0 atom stereocenters. The van der Waals surface area contributed by atoms with Crippen molar-refractivity contribution in [2.24, 2.45) is 0 Å². The molecule has 1 aliphatic heterocycles. The van der Waals surface area contributed by atoms with Crippen molar-refractivity contribution >= 4 is 34.0 Å². The molecule has 0 unspecified atom stereocenters. The third-order valence-electron chi connectivity index (χ3n) is 4.51. The van der Waals surface area contributed by atoms with Crippen molar-refractivity contribution in [3.8, 4) is 0 Å². The standard InChI is InChI=1S/C21H19N3O2S/c25-19-7-4-12-24(19)17-10-8-16(9-11-17)20(26)23-21-22-14-18(27-21)13-15-5-2-1-3-6-15/h1-3,5-6,8-11,14H,4,7,12-13H2,(H,22,23,26). The summed E-state index contributed by atoms with van der Waals surface area (Å²) in [4.78, 5) is 31.4. The zero-order chi connectivity index (χ0) is 18.6. The topological polar surface area (TPSA) is 62.3 Å². The third kappa shape index (κ3) is 4.06. The Morgan fingerprint density at radius 3 is 2.59 bits per heavy atom. The number of nitrogens with zero attached hydrogens (tertiary/aromatic N) is 2. The molecule has 6 heteroatoms. The number of carbonyl (C=O) groups excluding carboxylic acids is 2. The van der Waals surface area contributed by atoms with Gasteiger partial charge in [-0.2, -0.15) is 0 Å². The number of amides is 2. The number of hydrogen-bond acceptors (Lipinski definition) is 4. The van der Waals surface area contributed by atoms with Gasteiger partial charge in [0.25, 0.3) is 5.91 Å². The monoisotopic (exact) mass is 377 g/mol. The normalized spacial score (nSPS) is 13.8. The third-order valence-corrected chi connectivity index (χ3v) is 5.42. The first kappa shape index (κ1) is 17.4. The van der Waals surface area contributed by atoms with E-state index in [2.05, 4.69) is 22.4 Å². The molecule has 136 valence electrons. The van der Waals surface area contributed by atoms with Gasteiger partial charge in [0.2, 0.25) is 5.91 Å². The van der Waals surface area contributed by atoms with Gasteiger partial charge in [0.05, 0.1) is 0 Å². The van der Waals surface area contributed by atoms with Crippen LogP contribution in [0.1, 0.15) is 33.6 Å². The van der Waals surface area contributed by atoms with E-state index in [-0.39, 0.29) is 11.8 Å². The first-order chi connectivity index (χ1) is 13.2. The molecule has 4 rings (SSSR count). The fourth-order valence-electron chi connectivity index (χ4n) is 3.13. The van der Waals surface area contributed by atoms with Gasteiger partial charge in [0, 0.05) is 41.7 Å². The van der Waals surface area contributed by atoms with Crippen LogP contribution in [0.4, 0.5) is 10.8 Å². The van der Waals surface area contributed by atoms with Gasteiger partial charge in [-0.25, -0.2) is 4.98 Å². The highest BCUT2D eigenvalue weighted by atomic mass is 32.1. The van der Waals surface area contributed by atoms with E-state index in [1.807, 2.05) is 30.3 Å². The number of carbonyl (C=O) groups is 2. The lowest BCUT2D eigenvalue weighted by molar-refractivity contribution is -0.117. The van der Waals surface area contributed by atoms with E-state index in [1.54, 1.807) is 23.2 Å². The van der Waals surface area contributed by atoms with Gasteiger partial charge in [-0.15, -0.1) is 11.3 Å². The van der Waals surface area contributed by atoms with Crippen LogP contribution in [0.15, 0.2) is 60.8 Å². The van der Waals surface area contributed by atoms with Gasteiger partial charge in [-0.05, 0) is 36.2 Å². The number of nitrogens with one attached hydrogen (secondary N) is 1. The van der Waals surface area contributed by atoms with E-state index >= 15 is 0 Å². The summed E-state index contributed by atoms with van der Waals surface area (Å²) in [5.74, 6) is -0.0594. The van der Waals surface area contributed by atoms with Gasteiger partial charge in [-0.3, -0.25) is 14.9 Å². The van der Waals surface area contributed by atoms with Crippen LogP contribution in [0.25, 0.3) is 0 Å². The molecule has 1 aromatic heterocycles. The molecule has 1 aliphatic rings. The van der Waals surface area contributed by atoms with Crippen LogP contribution in [0.5, 0.6) is 0 Å². The van der Waals surface area contributed by atoms with Crippen molar-refractivity contribution in [3.05, 3.63) is 76.8 Å². The molecule has 5 nitrogen and oxygen atoms in total. The predicted octanol–water partition coefficient (Wildman–Crippen LogP) is 4.11. The van der Waals surface area contributed by atoms with Gasteiger partial charge < -0.3 is 4.90 Å². The largest absolute Gasteiger partial charge is 0.312 e. The molecule has 0 bridgehead atoms. The summed E-state index contributed by atoms with van der Waals surface area (Å²) in [6.45, 7) is 0.744. The molecule has 1 saturated heterocycles. The predicted molar refractivity (Wildman–Crippen MR) is 107 cm³/mol. The Hall–Kier alpha value is -2.99. The molecule has 0 aliphatic carbocycles. The highest BCUT2D eigenvalue weighted by molar-refractivity contribution is 7.15. The van der Waals surface area contributed by atoms with Crippen LogP contribution in [0.3, 0.4) is 0 Å². The van der Waals surface area contributed by atoms with Crippen molar-refractivity contribution < 1.29 is 9.59 Å². The second-order valence-electron chi connectivity index (χ2n) is 6.44. The Morgan fingerprint density at radius 2 is 1.89 bits per heavy atom. The van der Waals surface area contributed by atoms with E-state index in [9.17, 15) is 9.59 Å². The molecule has 2 aromatic carbocycles. The smallest absolute Gasteiger partial charge is 0.257 e. The zero-order valence-corrected chi connectivity index (χ0v) is 15.5. The first-order valence-electron chi connectivity index (χ1n) is 8.89. The summed E-state index contributed by atoms with van der Waals surface area (Å²) in [5.41, 5.74) is 2.60. The fraction of sp³-hybridized carbons (Fsp3) is 0.190. The van der Waals surface area contributed by atoms with Crippen LogP contribution in [-0.4, -0.2) is 23.3 Å². The van der Waals surface area contributed by atoms with Crippen molar-refractivity contribution in [2.45, 2.75) is 19.3 Å². The maximum absolute atomic E-state index is 12.5. The summed E-state index contributed by atoms with van der Waals surface area (Å²) in [6.07, 6.45) is 4.08. The number of hydrogen-bond donors (Lipinski definition) is 1. The molecule has 0 saturated carbocycles. The average Bonchev–Trinajstić information content (AvgIpc) is 3.31. The van der Waals surface area contributed by atoms with E-state index in [0.29, 0.717) is 17.1 Å². The van der Waals surface area contributed by atoms with Crippen molar-refractivity contribution in [3.63, 3.8) is 0 Å². The van der Waals surface area contributed by atoms with Crippen LogP contribution in [0.2, 0.25) is 0 Å². The molecule has 3 aromatic rings. The maximum atomic E-state index is 12.5. The maximum Gasteiger partial charge on any atom is 0.257 e. The number of thiazole rings is 1. The Bertz CT molecular complexity index is 951. The minimum absolute atomic E-state index is 0.140. The van der Waals surface area contributed by atoms with Crippen LogP contribution < -0.4 is 10.2 Å². The Morgan fingerprint density at radius 1 is 1.11 bits per heavy atom. The van der Waals surface area contributed by atoms with E-state index in [4.69, 9.17) is 0 Å². The molecule has 27 heavy (non-hydrogen) atoms. The summed E-state index contributed by atoms with van der Waals surface area (Å²) >= 11 is 1.48. The minimum Gasteiger partial charge on any atom is -0.312 e. The molecular formula is C21H19N3O2S. The lowest BCUT2D eigenvalue weighted by atomic mass is 10.1. The van der Waals surface area contributed by atoms with Gasteiger partial charge in [0.15, 0.2) is 5.13 Å². The second-order valence-corrected chi connectivity index (χ2v) is 7.56. The minimum atomic E-state index is -0.199. The SMILES string of the molecule is O=C(Nc1ncc(Cc2ccccc2)s1)c1ccc(N2CCCC2=O)cc1. The van der Waals surface area contributed by atoms with Crippen LogP contribution in [0, 0.1) is 0 Å². The summed E-state index contributed by atoms with van der Waals surface area (Å²) in [6, 6.07) is 17.3. The Labute approximate surface area is 161 Å². The summed E-state index contributed by atoms with van der Waals surface area (Å²) < 4.78 is 0. The van der Waals surface area contributed by atoms with Crippen LogP contribution in [-0.2, 0) is 11.2 Å². The molecule has 1 fully saturated rings. The number of aromatic nitrogens is 1. The van der Waals surface area contributed by atoms with Crippen LogP contribution >= 0.6 is 11.3 Å². The Kier molecular flexibility index (Phi) is 4.98. The molecule has 0 spiro atoms. The fourth-order valence-corrected chi connectivity index (χ4v) is 3.97. The van der Waals surface area contributed by atoms with Crippen molar-refractivity contribution in [2.75, 3.05) is 16.8 Å². The zero-order valence-electron chi connectivity index (χ0n) is 14.7. The highest BCUT2D eigenvalue weighted by Crippen LogP contribution is 2.24. The second kappa shape index (κ2) is 7.72. The van der Waals surface area contributed by atoms with E-state index in [1.165, 1.54) is 16.9 Å².